The van der Waals surface area contributed by atoms with Crippen molar-refractivity contribution in [2.75, 3.05) is 23.9 Å². The molecular formula is C11H21N3OS. The van der Waals surface area contributed by atoms with Gasteiger partial charge in [0.15, 0.2) is 0 Å². The molecule has 0 radical (unpaired) electrons. The third-order valence-corrected chi connectivity index (χ3v) is 3.22. The van der Waals surface area contributed by atoms with Gasteiger partial charge >= 0.3 is 0 Å². The van der Waals surface area contributed by atoms with Gasteiger partial charge in [-0.05, 0) is 12.8 Å². The Bertz CT molecular complexity index is 325. The standard InChI is InChI=1S/C11H21N3OS/c1-3-4-6-12-11-13-7-9-14(11)8-5-10-16(2)15/h7,9H,3-6,8,10H2,1-2H3,(H,12,13). The van der Waals surface area contributed by atoms with Crippen molar-refractivity contribution >= 4 is 16.7 Å². The molecule has 92 valence electrons. The molecule has 0 spiro atoms. The van der Waals surface area contributed by atoms with Crippen molar-refractivity contribution in [3.63, 3.8) is 0 Å². The topological polar surface area (TPSA) is 46.9 Å². The smallest absolute Gasteiger partial charge is 0.202 e. The lowest BCUT2D eigenvalue weighted by atomic mass is 10.3. The van der Waals surface area contributed by atoms with Crippen LogP contribution in [-0.4, -0.2) is 32.3 Å². The van der Waals surface area contributed by atoms with Gasteiger partial charge in [0.05, 0.1) is 0 Å². The van der Waals surface area contributed by atoms with Crippen LogP contribution in [-0.2, 0) is 17.3 Å². The van der Waals surface area contributed by atoms with Gasteiger partial charge in [-0.3, -0.25) is 4.21 Å². The first-order valence-corrected chi connectivity index (χ1v) is 7.51. The molecular weight excluding hydrogens is 222 g/mol. The van der Waals surface area contributed by atoms with Gasteiger partial charge in [0.1, 0.15) is 0 Å². The van der Waals surface area contributed by atoms with Crippen molar-refractivity contribution in [2.24, 2.45) is 0 Å². The minimum Gasteiger partial charge on any atom is -0.356 e. The number of hydrogen-bond acceptors (Lipinski definition) is 3. The number of unbranched alkanes of at least 4 members (excludes halogenated alkanes) is 1. The normalized spacial score (nSPS) is 12.6. The number of aromatic nitrogens is 2. The van der Waals surface area contributed by atoms with Crippen LogP contribution < -0.4 is 5.32 Å². The first-order chi connectivity index (χ1) is 7.74. The van der Waals surface area contributed by atoms with E-state index < -0.39 is 10.8 Å². The molecule has 1 atom stereocenters. The van der Waals surface area contributed by atoms with Crippen molar-refractivity contribution in [3.8, 4) is 0 Å². The van der Waals surface area contributed by atoms with E-state index in [1.807, 2.05) is 6.20 Å². The molecule has 0 aliphatic rings. The fourth-order valence-corrected chi connectivity index (χ4v) is 2.01. The monoisotopic (exact) mass is 243 g/mol. The highest BCUT2D eigenvalue weighted by Crippen LogP contribution is 2.06. The molecule has 1 rings (SSSR count). The third-order valence-electron chi connectivity index (χ3n) is 2.36. The van der Waals surface area contributed by atoms with E-state index in [-0.39, 0.29) is 0 Å². The van der Waals surface area contributed by atoms with Crippen LogP contribution in [0.4, 0.5) is 5.95 Å². The lowest BCUT2D eigenvalue weighted by molar-refractivity contribution is 0.661. The molecule has 4 nitrogen and oxygen atoms in total. The number of nitrogens with zero attached hydrogens (tertiary/aromatic N) is 2. The second-order valence-electron chi connectivity index (χ2n) is 3.86. The van der Waals surface area contributed by atoms with Crippen LogP contribution in [0, 0.1) is 0 Å². The maximum absolute atomic E-state index is 10.9. The van der Waals surface area contributed by atoms with Crippen molar-refractivity contribution in [3.05, 3.63) is 12.4 Å². The van der Waals surface area contributed by atoms with E-state index in [1.54, 1.807) is 12.5 Å². The van der Waals surface area contributed by atoms with Crippen LogP contribution in [0.25, 0.3) is 0 Å². The Labute approximate surface area is 99.9 Å². The molecule has 0 amide bonds. The van der Waals surface area contributed by atoms with E-state index in [4.69, 9.17) is 0 Å². The zero-order valence-corrected chi connectivity index (χ0v) is 10.9. The quantitative estimate of drug-likeness (QED) is 0.709. The Morgan fingerprint density at radius 1 is 1.50 bits per heavy atom. The average molecular weight is 243 g/mol. The molecule has 0 bridgehead atoms. The Morgan fingerprint density at radius 3 is 3.00 bits per heavy atom. The summed E-state index contributed by atoms with van der Waals surface area (Å²) in [6.45, 7) is 4.02. The van der Waals surface area contributed by atoms with Gasteiger partial charge in [0, 0.05) is 48.3 Å². The second-order valence-corrected chi connectivity index (χ2v) is 5.41. The Morgan fingerprint density at radius 2 is 2.31 bits per heavy atom. The maximum atomic E-state index is 10.9. The van der Waals surface area contributed by atoms with Crippen LogP contribution >= 0.6 is 0 Å². The largest absolute Gasteiger partial charge is 0.356 e. The van der Waals surface area contributed by atoms with Crippen LogP contribution in [0.2, 0.25) is 0 Å². The molecule has 0 aliphatic heterocycles. The summed E-state index contributed by atoms with van der Waals surface area (Å²) in [5, 5.41) is 3.31. The molecule has 1 unspecified atom stereocenters. The van der Waals surface area contributed by atoms with Gasteiger partial charge in [-0.25, -0.2) is 4.98 Å². The SMILES string of the molecule is CCCCNc1nccn1CCCS(C)=O. The van der Waals surface area contributed by atoms with Gasteiger partial charge in [-0.1, -0.05) is 13.3 Å². The van der Waals surface area contributed by atoms with E-state index >= 15 is 0 Å². The molecule has 1 heterocycles. The van der Waals surface area contributed by atoms with Crippen LogP contribution in [0.1, 0.15) is 26.2 Å². The number of rotatable bonds is 8. The Balaban J connectivity index is 2.34. The van der Waals surface area contributed by atoms with E-state index in [2.05, 4.69) is 21.8 Å². The summed E-state index contributed by atoms with van der Waals surface area (Å²) >= 11 is 0. The average Bonchev–Trinajstić information content (AvgIpc) is 2.66. The summed E-state index contributed by atoms with van der Waals surface area (Å²) in [6, 6.07) is 0. The number of hydrogen-bond donors (Lipinski definition) is 1. The van der Waals surface area contributed by atoms with Crippen LogP contribution in [0.3, 0.4) is 0 Å². The Hall–Kier alpha value is -0.840. The molecule has 1 aromatic heterocycles. The lowest BCUT2D eigenvalue weighted by Crippen LogP contribution is -2.10. The van der Waals surface area contributed by atoms with E-state index in [0.717, 1.165) is 37.6 Å². The first-order valence-electron chi connectivity index (χ1n) is 5.79. The minimum absolute atomic E-state index is 0.695. The van der Waals surface area contributed by atoms with E-state index in [1.165, 1.54) is 6.42 Å². The number of aryl methyl sites for hydroxylation is 1. The van der Waals surface area contributed by atoms with Crippen molar-refractivity contribution in [1.82, 2.24) is 9.55 Å². The molecule has 0 aliphatic carbocycles. The summed E-state index contributed by atoms with van der Waals surface area (Å²) < 4.78 is 13.0. The highest BCUT2D eigenvalue weighted by Gasteiger charge is 2.01. The fourth-order valence-electron chi connectivity index (χ4n) is 1.47. The van der Waals surface area contributed by atoms with E-state index in [9.17, 15) is 4.21 Å². The predicted molar refractivity (Wildman–Crippen MR) is 69.2 cm³/mol. The fraction of sp³-hybridized carbons (Fsp3) is 0.727. The van der Waals surface area contributed by atoms with Crippen molar-refractivity contribution in [2.45, 2.75) is 32.7 Å². The molecule has 16 heavy (non-hydrogen) atoms. The highest BCUT2D eigenvalue weighted by molar-refractivity contribution is 7.84. The minimum atomic E-state index is -0.695. The Kier molecular flexibility index (Phi) is 6.15. The summed E-state index contributed by atoms with van der Waals surface area (Å²) in [6.07, 6.45) is 8.79. The lowest BCUT2D eigenvalue weighted by Gasteiger charge is -2.08. The van der Waals surface area contributed by atoms with Gasteiger partial charge in [0.2, 0.25) is 5.95 Å². The molecule has 0 saturated heterocycles. The summed E-state index contributed by atoms with van der Waals surface area (Å²) in [7, 11) is -0.695. The molecule has 5 heteroatoms. The van der Waals surface area contributed by atoms with Crippen molar-refractivity contribution < 1.29 is 4.21 Å². The third kappa shape index (κ3) is 4.79. The highest BCUT2D eigenvalue weighted by atomic mass is 32.2. The molecule has 0 aromatic carbocycles. The molecule has 1 N–H and O–H groups in total. The van der Waals surface area contributed by atoms with Crippen molar-refractivity contribution in [1.29, 1.82) is 0 Å². The summed E-state index contributed by atoms with van der Waals surface area (Å²) in [4.78, 5) is 4.26. The first kappa shape index (κ1) is 13.2. The zero-order valence-electron chi connectivity index (χ0n) is 10.1. The second kappa shape index (κ2) is 7.44. The summed E-state index contributed by atoms with van der Waals surface area (Å²) in [5.41, 5.74) is 0. The van der Waals surface area contributed by atoms with Gasteiger partial charge in [-0.2, -0.15) is 0 Å². The van der Waals surface area contributed by atoms with E-state index in [0.29, 0.717) is 0 Å². The zero-order chi connectivity index (χ0) is 11.8. The van der Waals surface area contributed by atoms with Gasteiger partial charge < -0.3 is 9.88 Å². The van der Waals surface area contributed by atoms with Crippen LogP contribution in [0.5, 0.6) is 0 Å². The molecule has 1 aromatic rings. The molecule has 0 fully saturated rings. The maximum Gasteiger partial charge on any atom is 0.202 e. The number of nitrogens with one attached hydrogen (secondary N) is 1. The predicted octanol–water partition coefficient (Wildman–Crippen LogP) is 1.86. The summed E-state index contributed by atoms with van der Waals surface area (Å²) in [5.74, 6) is 1.68. The number of imidazole rings is 1. The van der Waals surface area contributed by atoms with Gasteiger partial charge in [0.25, 0.3) is 0 Å². The number of anilines is 1. The van der Waals surface area contributed by atoms with Crippen LogP contribution in [0.15, 0.2) is 12.4 Å². The molecule has 0 saturated carbocycles. The van der Waals surface area contributed by atoms with Gasteiger partial charge in [-0.15, -0.1) is 0 Å².